The number of hydrogen-bond donors (Lipinski definition) is 1. The monoisotopic (exact) mass is 320 g/mol. The second-order valence-corrected chi connectivity index (χ2v) is 7.44. The Morgan fingerprint density at radius 3 is 2.90 bits per heavy atom. The third-order valence-electron chi connectivity index (χ3n) is 3.55. The van der Waals surface area contributed by atoms with Gasteiger partial charge in [0.1, 0.15) is 5.15 Å². The third-order valence-corrected chi connectivity index (χ3v) is 5.50. The van der Waals surface area contributed by atoms with E-state index >= 15 is 0 Å². The maximum atomic E-state index is 12.1. The molecule has 1 fully saturated rings. The van der Waals surface area contributed by atoms with Crippen LogP contribution in [0.2, 0.25) is 5.15 Å². The highest BCUT2D eigenvalue weighted by molar-refractivity contribution is 7.89. The molecule has 1 aromatic heterocycles. The van der Waals surface area contributed by atoms with E-state index in [4.69, 9.17) is 11.6 Å². The van der Waals surface area contributed by atoms with Crippen LogP contribution in [0.15, 0.2) is 11.4 Å². The average Bonchev–Trinajstić information content (AvgIpc) is 2.70. The molecule has 1 N–H and O–H groups in total. The van der Waals surface area contributed by atoms with Crippen LogP contribution in [0.1, 0.15) is 19.8 Å². The molecule has 8 heteroatoms. The van der Waals surface area contributed by atoms with Gasteiger partial charge in [-0.2, -0.15) is 0 Å². The molecular weight excluding hydrogens is 300 g/mol. The van der Waals surface area contributed by atoms with Gasteiger partial charge in [0, 0.05) is 26.7 Å². The molecule has 114 valence electrons. The molecule has 2 rings (SSSR count). The van der Waals surface area contributed by atoms with Crippen molar-refractivity contribution in [3.05, 3.63) is 11.5 Å². The van der Waals surface area contributed by atoms with E-state index in [1.165, 1.54) is 23.7 Å². The Labute approximate surface area is 125 Å². The molecule has 2 heterocycles. The van der Waals surface area contributed by atoms with Crippen molar-refractivity contribution in [2.45, 2.75) is 24.8 Å². The van der Waals surface area contributed by atoms with Gasteiger partial charge in [0.25, 0.3) is 10.0 Å². The molecule has 6 nitrogen and oxygen atoms in total. The van der Waals surface area contributed by atoms with Crippen molar-refractivity contribution in [1.29, 1.82) is 0 Å². The van der Waals surface area contributed by atoms with Crippen molar-refractivity contribution in [3.63, 3.8) is 0 Å². The van der Waals surface area contributed by atoms with E-state index in [0.717, 1.165) is 13.1 Å². The summed E-state index contributed by atoms with van der Waals surface area (Å²) < 4.78 is 28.2. The number of halogens is 1. The molecule has 0 aromatic carbocycles. The molecule has 1 saturated heterocycles. The number of sulfonamides is 1. The zero-order valence-electron chi connectivity index (χ0n) is 11.8. The summed E-state index contributed by atoms with van der Waals surface area (Å²) in [5.41, 5.74) is 0. The topological polar surface area (TPSA) is 67.2 Å². The normalized spacial score (nSPS) is 21.2. The first-order chi connectivity index (χ1) is 9.40. The van der Waals surface area contributed by atoms with Crippen molar-refractivity contribution in [3.8, 4) is 0 Å². The lowest BCUT2D eigenvalue weighted by atomic mass is 10.0. The lowest BCUT2D eigenvalue weighted by Gasteiger charge is -2.30. The maximum Gasteiger partial charge on any atom is 0.261 e. The number of piperidine rings is 1. The van der Waals surface area contributed by atoms with Crippen LogP contribution < -0.4 is 4.72 Å². The molecule has 1 aliphatic heterocycles. The van der Waals surface area contributed by atoms with Crippen molar-refractivity contribution < 1.29 is 8.42 Å². The third kappa shape index (κ3) is 3.72. The molecular formula is C12H21ClN4O2S. The van der Waals surface area contributed by atoms with Gasteiger partial charge in [-0.15, -0.1) is 0 Å². The van der Waals surface area contributed by atoms with Gasteiger partial charge >= 0.3 is 0 Å². The van der Waals surface area contributed by atoms with Gasteiger partial charge < -0.3 is 9.47 Å². The fourth-order valence-electron chi connectivity index (χ4n) is 2.47. The van der Waals surface area contributed by atoms with E-state index in [1.54, 1.807) is 7.05 Å². The predicted molar refractivity (Wildman–Crippen MR) is 78.2 cm³/mol. The van der Waals surface area contributed by atoms with E-state index in [2.05, 4.69) is 21.5 Å². The summed E-state index contributed by atoms with van der Waals surface area (Å²) in [6.07, 6.45) is 3.83. The quantitative estimate of drug-likeness (QED) is 0.881. The minimum absolute atomic E-state index is 0.103. The minimum Gasteiger partial charge on any atom is -0.324 e. The smallest absolute Gasteiger partial charge is 0.261 e. The van der Waals surface area contributed by atoms with E-state index in [0.29, 0.717) is 19.0 Å². The maximum absolute atomic E-state index is 12.1. The molecule has 0 spiro atoms. The lowest BCUT2D eigenvalue weighted by molar-refractivity contribution is 0.187. The summed E-state index contributed by atoms with van der Waals surface area (Å²) in [7, 11) is -1.97. The molecule has 0 radical (unpaired) electrons. The number of aryl methyl sites for hydroxylation is 1. The molecule has 0 aliphatic carbocycles. The standard InChI is InChI=1S/C12H21ClN4O2S/c1-10-4-3-6-17(8-10)7-5-15-20(18,19)12-11(13)16(2)9-14-12/h9-10,15H,3-8H2,1-2H3/t10-/m1/s1. The Hall–Kier alpha value is -0.630. The highest BCUT2D eigenvalue weighted by Crippen LogP contribution is 2.18. The number of nitrogens with one attached hydrogen (secondary N) is 1. The molecule has 1 atom stereocenters. The highest BCUT2D eigenvalue weighted by atomic mass is 35.5. The molecule has 0 saturated carbocycles. The first-order valence-corrected chi connectivity index (χ1v) is 8.65. The second kappa shape index (κ2) is 6.43. The number of likely N-dealkylation sites (tertiary alicyclic amines) is 1. The highest BCUT2D eigenvalue weighted by Gasteiger charge is 2.22. The van der Waals surface area contributed by atoms with Gasteiger partial charge in [0.15, 0.2) is 0 Å². The lowest BCUT2D eigenvalue weighted by Crippen LogP contribution is -2.40. The van der Waals surface area contributed by atoms with Gasteiger partial charge in [0.2, 0.25) is 5.03 Å². The van der Waals surface area contributed by atoms with Crippen LogP contribution >= 0.6 is 11.6 Å². The Bertz CT molecular complexity index is 558. The fraction of sp³-hybridized carbons (Fsp3) is 0.750. The van der Waals surface area contributed by atoms with Crippen molar-refractivity contribution in [2.75, 3.05) is 26.2 Å². The number of hydrogen-bond acceptors (Lipinski definition) is 4. The van der Waals surface area contributed by atoms with E-state index < -0.39 is 10.0 Å². The fourth-order valence-corrected chi connectivity index (χ4v) is 3.92. The first-order valence-electron chi connectivity index (χ1n) is 6.79. The molecule has 0 unspecified atom stereocenters. The van der Waals surface area contributed by atoms with Gasteiger partial charge in [-0.25, -0.2) is 18.1 Å². The largest absolute Gasteiger partial charge is 0.324 e. The van der Waals surface area contributed by atoms with E-state index in [-0.39, 0.29) is 10.2 Å². The number of aromatic nitrogens is 2. The Balaban J connectivity index is 1.88. The molecule has 1 aromatic rings. The SMILES string of the molecule is C[C@@H]1CCCN(CCNS(=O)(=O)c2ncn(C)c2Cl)C1. The summed E-state index contributed by atoms with van der Waals surface area (Å²) in [5.74, 6) is 0.686. The van der Waals surface area contributed by atoms with Gasteiger partial charge in [-0.3, -0.25) is 0 Å². The molecule has 0 bridgehead atoms. The summed E-state index contributed by atoms with van der Waals surface area (Å²) in [5, 5.41) is 0.0257. The van der Waals surface area contributed by atoms with Gasteiger partial charge in [-0.1, -0.05) is 18.5 Å². The van der Waals surface area contributed by atoms with E-state index in [1.807, 2.05) is 0 Å². The van der Waals surface area contributed by atoms with Gasteiger partial charge in [0.05, 0.1) is 6.33 Å². The summed E-state index contributed by atoms with van der Waals surface area (Å²) in [6.45, 7) is 5.39. The zero-order chi connectivity index (χ0) is 14.8. The summed E-state index contributed by atoms with van der Waals surface area (Å²) in [4.78, 5) is 6.12. The predicted octanol–water partition coefficient (Wildman–Crippen LogP) is 1.08. The van der Waals surface area contributed by atoms with Crippen LogP contribution in [0.25, 0.3) is 0 Å². The van der Waals surface area contributed by atoms with Crippen molar-refractivity contribution in [1.82, 2.24) is 19.2 Å². The van der Waals surface area contributed by atoms with E-state index in [9.17, 15) is 8.42 Å². The van der Waals surface area contributed by atoms with Crippen LogP contribution in [0, 0.1) is 5.92 Å². The van der Waals surface area contributed by atoms with Crippen molar-refractivity contribution >= 4 is 21.6 Å². The van der Waals surface area contributed by atoms with Crippen LogP contribution in [0.3, 0.4) is 0 Å². The number of nitrogens with zero attached hydrogens (tertiary/aromatic N) is 3. The van der Waals surface area contributed by atoms with Crippen LogP contribution in [0.4, 0.5) is 0 Å². The van der Waals surface area contributed by atoms with Crippen LogP contribution in [0.5, 0.6) is 0 Å². The molecule has 20 heavy (non-hydrogen) atoms. The molecule has 0 amide bonds. The molecule has 1 aliphatic rings. The number of imidazole rings is 1. The zero-order valence-corrected chi connectivity index (χ0v) is 13.4. The Morgan fingerprint density at radius 1 is 1.55 bits per heavy atom. The van der Waals surface area contributed by atoms with Gasteiger partial charge in [-0.05, 0) is 25.3 Å². The summed E-state index contributed by atoms with van der Waals surface area (Å²) in [6, 6.07) is 0. The van der Waals surface area contributed by atoms with Crippen molar-refractivity contribution in [2.24, 2.45) is 13.0 Å². The van der Waals surface area contributed by atoms with Crippen LogP contribution in [-0.4, -0.2) is 49.0 Å². The Kier molecular flexibility index (Phi) is 5.06. The van der Waals surface area contributed by atoms with Crippen LogP contribution in [-0.2, 0) is 17.1 Å². The average molecular weight is 321 g/mol. The first kappa shape index (κ1) is 15.8. The minimum atomic E-state index is -3.63. The Morgan fingerprint density at radius 2 is 2.30 bits per heavy atom. The summed E-state index contributed by atoms with van der Waals surface area (Å²) >= 11 is 5.91. The second-order valence-electron chi connectivity index (χ2n) is 5.40. The number of rotatable bonds is 5.